The number of carbonyl (C=O) groups is 1. The van der Waals surface area contributed by atoms with Gasteiger partial charge in [0.1, 0.15) is 5.75 Å². The molecule has 0 unspecified atom stereocenters. The van der Waals surface area contributed by atoms with Gasteiger partial charge in [-0.15, -0.1) is 0 Å². The highest BCUT2D eigenvalue weighted by Crippen LogP contribution is 2.22. The van der Waals surface area contributed by atoms with E-state index in [1.165, 1.54) is 38.5 Å². The van der Waals surface area contributed by atoms with Gasteiger partial charge in [-0.3, -0.25) is 0 Å². The molecule has 1 aromatic carbocycles. The summed E-state index contributed by atoms with van der Waals surface area (Å²) in [6.45, 7) is 8.63. The van der Waals surface area contributed by atoms with E-state index in [2.05, 4.69) is 13.5 Å². The van der Waals surface area contributed by atoms with Crippen molar-refractivity contribution in [1.29, 1.82) is 0 Å². The number of ether oxygens (including phenoxy) is 2. The molecule has 3 heteroatoms. The second kappa shape index (κ2) is 12.8. The Morgan fingerprint density at radius 2 is 1.67 bits per heavy atom. The van der Waals surface area contributed by atoms with E-state index in [1.807, 2.05) is 31.2 Å². The molecule has 24 heavy (non-hydrogen) atoms. The lowest BCUT2D eigenvalue weighted by molar-refractivity contribution is -0.130. The van der Waals surface area contributed by atoms with E-state index < -0.39 is 5.97 Å². The minimum Gasteiger partial charge on any atom is -0.423 e. The van der Waals surface area contributed by atoms with Crippen LogP contribution in [0.4, 0.5) is 0 Å². The van der Waals surface area contributed by atoms with Crippen LogP contribution in [0.5, 0.6) is 5.75 Å². The first-order valence-corrected chi connectivity index (χ1v) is 9.24. The normalized spacial score (nSPS) is 10.6. The number of benzene rings is 1. The van der Waals surface area contributed by atoms with E-state index in [1.54, 1.807) is 0 Å². The number of rotatable bonds is 13. The van der Waals surface area contributed by atoms with Crippen LogP contribution in [0.2, 0.25) is 0 Å². The molecule has 0 aliphatic rings. The Morgan fingerprint density at radius 1 is 1.00 bits per heavy atom. The first-order chi connectivity index (χ1) is 11.7. The van der Waals surface area contributed by atoms with E-state index in [9.17, 15) is 4.79 Å². The predicted octanol–water partition coefficient (Wildman–Crippen LogP) is 5.48. The molecule has 0 heterocycles. The van der Waals surface area contributed by atoms with Crippen LogP contribution >= 0.6 is 0 Å². The van der Waals surface area contributed by atoms with Crippen molar-refractivity contribution in [3.05, 3.63) is 42.0 Å². The van der Waals surface area contributed by atoms with Crippen LogP contribution in [-0.2, 0) is 16.0 Å². The summed E-state index contributed by atoms with van der Waals surface area (Å²) in [5, 5.41) is 0. The molecule has 1 aromatic rings. The Morgan fingerprint density at radius 3 is 2.38 bits per heavy atom. The number of aryl methyl sites for hydroxylation is 1. The first-order valence-electron chi connectivity index (χ1n) is 9.24. The average Bonchev–Trinajstić information content (AvgIpc) is 2.60. The molecule has 0 fully saturated rings. The van der Waals surface area contributed by atoms with E-state index >= 15 is 0 Å². The molecule has 1 rings (SSSR count). The highest BCUT2D eigenvalue weighted by atomic mass is 16.5. The van der Waals surface area contributed by atoms with Crippen molar-refractivity contribution in [1.82, 2.24) is 0 Å². The van der Waals surface area contributed by atoms with Gasteiger partial charge in [0.2, 0.25) is 0 Å². The van der Waals surface area contributed by atoms with Crippen LogP contribution in [0.15, 0.2) is 36.4 Å². The largest absolute Gasteiger partial charge is 0.423 e. The van der Waals surface area contributed by atoms with Crippen molar-refractivity contribution in [2.75, 3.05) is 13.2 Å². The minimum atomic E-state index is -0.407. The van der Waals surface area contributed by atoms with Crippen molar-refractivity contribution >= 4 is 5.97 Å². The molecule has 0 saturated heterocycles. The fourth-order valence-electron chi connectivity index (χ4n) is 2.54. The van der Waals surface area contributed by atoms with Crippen molar-refractivity contribution in [3.63, 3.8) is 0 Å². The Balaban J connectivity index is 2.41. The second-order valence-electron chi connectivity index (χ2n) is 6.11. The summed E-state index contributed by atoms with van der Waals surface area (Å²) in [5.41, 5.74) is 1.44. The number of hydrogen-bond donors (Lipinski definition) is 0. The third kappa shape index (κ3) is 8.30. The first kappa shape index (κ1) is 20.4. The zero-order valence-electron chi connectivity index (χ0n) is 15.3. The minimum absolute atomic E-state index is 0.218. The summed E-state index contributed by atoms with van der Waals surface area (Å²) in [4.78, 5) is 12.0. The molecule has 3 nitrogen and oxygen atoms in total. The fraction of sp³-hybridized carbons (Fsp3) is 0.571. The number of esters is 1. The molecule has 0 atom stereocenters. The number of para-hydroxylation sites is 1. The topological polar surface area (TPSA) is 35.5 Å². The van der Waals surface area contributed by atoms with Crippen LogP contribution in [0.25, 0.3) is 0 Å². The SMILES string of the molecule is C=C(COCC)C(=O)Oc1ccccc1CCCCCCCCC. The summed E-state index contributed by atoms with van der Waals surface area (Å²) in [5.74, 6) is 0.238. The molecular weight excluding hydrogens is 300 g/mol. The maximum atomic E-state index is 12.0. The van der Waals surface area contributed by atoms with Gasteiger partial charge in [-0.1, -0.05) is 70.2 Å². The molecule has 0 N–H and O–H groups in total. The molecular formula is C21H32O3. The molecule has 0 spiro atoms. The van der Waals surface area contributed by atoms with Gasteiger partial charge in [0.15, 0.2) is 0 Å². The third-order valence-electron chi connectivity index (χ3n) is 3.99. The van der Waals surface area contributed by atoms with Gasteiger partial charge < -0.3 is 9.47 Å². The van der Waals surface area contributed by atoms with Gasteiger partial charge in [-0.2, -0.15) is 0 Å². The van der Waals surface area contributed by atoms with Gasteiger partial charge in [-0.05, 0) is 31.4 Å². The lowest BCUT2D eigenvalue weighted by Crippen LogP contribution is -2.15. The Hall–Kier alpha value is -1.61. The average molecular weight is 332 g/mol. The Labute approximate surface area is 147 Å². The predicted molar refractivity (Wildman–Crippen MR) is 99.4 cm³/mol. The molecule has 0 saturated carbocycles. The van der Waals surface area contributed by atoms with E-state index in [0.29, 0.717) is 17.9 Å². The van der Waals surface area contributed by atoms with Crippen LogP contribution in [0.1, 0.15) is 64.4 Å². The van der Waals surface area contributed by atoms with Crippen LogP contribution in [0.3, 0.4) is 0 Å². The van der Waals surface area contributed by atoms with Crippen LogP contribution in [-0.4, -0.2) is 19.2 Å². The summed E-state index contributed by atoms with van der Waals surface area (Å²) < 4.78 is 10.7. The smallest absolute Gasteiger partial charge is 0.341 e. The number of carbonyl (C=O) groups excluding carboxylic acids is 1. The van der Waals surface area contributed by atoms with Gasteiger partial charge in [0.05, 0.1) is 12.2 Å². The second-order valence-corrected chi connectivity index (χ2v) is 6.11. The number of hydrogen-bond acceptors (Lipinski definition) is 3. The van der Waals surface area contributed by atoms with Gasteiger partial charge in [0.25, 0.3) is 0 Å². The molecule has 0 aromatic heterocycles. The van der Waals surface area contributed by atoms with E-state index in [4.69, 9.17) is 9.47 Å². The summed E-state index contributed by atoms with van der Waals surface area (Å²) in [7, 11) is 0. The van der Waals surface area contributed by atoms with Crippen molar-refractivity contribution in [2.24, 2.45) is 0 Å². The van der Waals surface area contributed by atoms with Crippen LogP contribution in [0, 0.1) is 0 Å². The summed E-state index contributed by atoms with van der Waals surface area (Å²) >= 11 is 0. The van der Waals surface area contributed by atoms with Gasteiger partial charge in [0, 0.05) is 6.61 Å². The number of unbranched alkanes of at least 4 members (excludes halogenated alkanes) is 6. The lowest BCUT2D eigenvalue weighted by Gasteiger charge is -2.11. The van der Waals surface area contributed by atoms with E-state index in [-0.39, 0.29) is 6.61 Å². The zero-order chi connectivity index (χ0) is 17.6. The molecule has 0 bridgehead atoms. The molecule has 134 valence electrons. The standard InChI is InChI=1S/C21H32O3/c1-4-6-7-8-9-10-11-14-19-15-12-13-16-20(19)24-21(22)18(3)17-23-5-2/h12-13,15-16H,3-11,14,17H2,1-2H3. The molecule has 0 aliphatic carbocycles. The highest BCUT2D eigenvalue weighted by molar-refractivity contribution is 5.89. The molecule has 0 aliphatic heterocycles. The molecule has 0 radical (unpaired) electrons. The van der Waals surface area contributed by atoms with Gasteiger partial charge >= 0.3 is 5.97 Å². The van der Waals surface area contributed by atoms with Crippen molar-refractivity contribution in [3.8, 4) is 5.75 Å². The maximum absolute atomic E-state index is 12.0. The van der Waals surface area contributed by atoms with Crippen molar-refractivity contribution in [2.45, 2.75) is 65.2 Å². The summed E-state index contributed by atoms with van der Waals surface area (Å²) in [6.07, 6.45) is 9.86. The van der Waals surface area contributed by atoms with Crippen LogP contribution < -0.4 is 4.74 Å². The third-order valence-corrected chi connectivity index (χ3v) is 3.99. The quantitative estimate of drug-likeness (QED) is 0.208. The Kier molecular flexibility index (Phi) is 10.9. The Bertz CT molecular complexity index is 494. The maximum Gasteiger partial charge on any atom is 0.341 e. The highest BCUT2D eigenvalue weighted by Gasteiger charge is 2.12. The zero-order valence-corrected chi connectivity index (χ0v) is 15.3. The summed E-state index contributed by atoms with van der Waals surface area (Å²) in [6, 6.07) is 7.76. The monoisotopic (exact) mass is 332 g/mol. The van der Waals surface area contributed by atoms with E-state index in [0.717, 1.165) is 18.4 Å². The van der Waals surface area contributed by atoms with Gasteiger partial charge in [-0.25, -0.2) is 4.79 Å². The fourth-order valence-corrected chi connectivity index (χ4v) is 2.54. The molecule has 0 amide bonds. The van der Waals surface area contributed by atoms with Crippen molar-refractivity contribution < 1.29 is 14.3 Å². The lowest BCUT2D eigenvalue weighted by atomic mass is 10.0.